The van der Waals surface area contributed by atoms with Crippen LogP contribution in [0.2, 0.25) is 0 Å². The SMILES string of the molecule is O=C(c1ccc(OP(=O)([O-])Oc2ccccc2)cc1)c1c(O)cc(O)cc1O.[Na+]. The normalized spacial score (nSPS) is 12.3. The molecule has 1 unspecified atom stereocenters. The number of phenols is 3. The summed E-state index contributed by atoms with van der Waals surface area (Å²) in [6.45, 7) is 0. The maximum Gasteiger partial charge on any atom is 1.00 e. The molecule has 0 fully saturated rings. The molecule has 3 rings (SSSR count). The molecule has 8 nitrogen and oxygen atoms in total. The second kappa shape index (κ2) is 9.35. The monoisotopic (exact) mass is 424 g/mol. The summed E-state index contributed by atoms with van der Waals surface area (Å²) in [7, 11) is -4.70. The Balaban J connectivity index is 0.00000300. The van der Waals surface area contributed by atoms with E-state index in [1.165, 1.54) is 36.4 Å². The van der Waals surface area contributed by atoms with Gasteiger partial charge in [-0.3, -0.25) is 4.79 Å². The van der Waals surface area contributed by atoms with E-state index < -0.39 is 36.4 Å². The van der Waals surface area contributed by atoms with Gasteiger partial charge in [-0.05, 0) is 36.4 Å². The second-order valence-corrected chi connectivity index (χ2v) is 6.91. The average Bonchev–Trinajstić information content (AvgIpc) is 2.61. The Morgan fingerprint density at radius 1 is 0.828 bits per heavy atom. The van der Waals surface area contributed by atoms with Crippen molar-refractivity contribution in [3.05, 3.63) is 77.9 Å². The van der Waals surface area contributed by atoms with E-state index in [0.29, 0.717) is 0 Å². The molecule has 0 aliphatic carbocycles. The van der Waals surface area contributed by atoms with E-state index in [2.05, 4.69) is 0 Å². The van der Waals surface area contributed by atoms with Crippen molar-refractivity contribution in [1.82, 2.24) is 0 Å². The van der Waals surface area contributed by atoms with Crippen molar-refractivity contribution in [3.8, 4) is 28.7 Å². The van der Waals surface area contributed by atoms with Gasteiger partial charge in [0.25, 0.3) is 0 Å². The van der Waals surface area contributed by atoms with Crippen molar-refractivity contribution in [2.24, 2.45) is 0 Å². The van der Waals surface area contributed by atoms with Crippen LogP contribution in [0.15, 0.2) is 66.7 Å². The van der Waals surface area contributed by atoms with E-state index in [4.69, 9.17) is 9.05 Å². The van der Waals surface area contributed by atoms with Crippen LogP contribution in [0.3, 0.4) is 0 Å². The molecule has 0 saturated carbocycles. The minimum absolute atomic E-state index is 0. The van der Waals surface area contributed by atoms with Crippen LogP contribution in [0, 0.1) is 0 Å². The second-order valence-electron chi connectivity index (χ2n) is 5.66. The minimum atomic E-state index is -4.70. The molecule has 0 aliphatic heterocycles. The van der Waals surface area contributed by atoms with Crippen molar-refractivity contribution < 1.29 is 68.2 Å². The summed E-state index contributed by atoms with van der Waals surface area (Å²) in [5, 5.41) is 28.9. The van der Waals surface area contributed by atoms with Gasteiger partial charge in [0, 0.05) is 17.7 Å². The molecular formula is C19H14NaO8P. The van der Waals surface area contributed by atoms with E-state index in [0.717, 1.165) is 12.1 Å². The Labute approximate surface area is 187 Å². The van der Waals surface area contributed by atoms with Gasteiger partial charge in [-0.25, -0.2) is 4.57 Å². The molecule has 0 bridgehead atoms. The molecular weight excluding hydrogens is 410 g/mol. The number of carbonyl (C=O) groups excluding carboxylic acids is 1. The number of ketones is 1. The van der Waals surface area contributed by atoms with Crippen LogP contribution < -0.4 is 43.5 Å². The molecule has 0 amide bonds. The van der Waals surface area contributed by atoms with Crippen molar-refractivity contribution in [2.45, 2.75) is 0 Å². The Kier molecular flexibility index (Phi) is 7.35. The first-order valence-corrected chi connectivity index (χ1v) is 9.36. The zero-order valence-corrected chi connectivity index (χ0v) is 18.1. The van der Waals surface area contributed by atoms with Crippen molar-refractivity contribution >= 4 is 13.6 Å². The van der Waals surface area contributed by atoms with Gasteiger partial charge in [0.1, 0.15) is 34.3 Å². The molecule has 0 saturated heterocycles. The first kappa shape index (κ1) is 22.8. The molecule has 0 spiro atoms. The maximum absolute atomic E-state index is 12.5. The molecule has 3 aromatic rings. The van der Waals surface area contributed by atoms with Crippen molar-refractivity contribution in [3.63, 3.8) is 0 Å². The summed E-state index contributed by atoms with van der Waals surface area (Å²) in [5.41, 5.74) is -0.346. The van der Waals surface area contributed by atoms with Crippen LogP contribution in [-0.4, -0.2) is 21.1 Å². The number of para-hydroxylation sites is 1. The van der Waals surface area contributed by atoms with Crippen LogP contribution in [0.5, 0.6) is 28.7 Å². The van der Waals surface area contributed by atoms with Gasteiger partial charge in [-0.1, -0.05) is 18.2 Å². The topological polar surface area (TPSA) is 136 Å². The zero-order valence-electron chi connectivity index (χ0n) is 15.2. The van der Waals surface area contributed by atoms with Gasteiger partial charge in [0.15, 0.2) is 0 Å². The Hall–Kier alpha value is -2.48. The van der Waals surface area contributed by atoms with Crippen molar-refractivity contribution in [2.75, 3.05) is 0 Å². The summed E-state index contributed by atoms with van der Waals surface area (Å²) in [5.74, 6) is -2.32. The summed E-state index contributed by atoms with van der Waals surface area (Å²) < 4.78 is 21.6. The first-order valence-electron chi connectivity index (χ1n) is 7.90. The number of phosphoric acid groups is 1. The largest absolute Gasteiger partial charge is 1.00 e. The van der Waals surface area contributed by atoms with Crippen LogP contribution in [0.1, 0.15) is 15.9 Å². The molecule has 29 heavy (non-hydrogen) atoms. The Morgan fingerprint density at radius 2 is 1.31 bits per heavy atom. The smallest absolute Gasteiger partial charge is 0.736 e. The number of benzene rings is 3. The number of rotatable bonds is 6. The van der Waals surface area contributed by atoms with E-state index in [1.54, 1.807) is 18.2 Å². The number of hydrogen-bond donors (Lipinski definition) is 3. The fourth-order valence-corrected chi connectivity index (χ4v) is 3.20. The number of hydrogen-bond acceptors (Lipinski definition) is 8. The van der Waals surface area contributed by atoms with E-state index >= 15 is 0 Å². The van der Waals surface area contributed by atoms with Gasteiger partial charge < -0.3 is 29.3 Å². The molecule has 0 radical (unpaired) electrons. The van der Waals surface area contributed by atoms with Gasteiger partial charge >= 0.3 is 37.4 Å². The molecule has 0 heterocycles. The van der Waals surface area contributed by atoms with E-state index in [-0.39, 0.29) is 46.6 Å². The first-order chi connectivity index (χ1) is 13.2. The third-order valence-electron chi connectivity index (χ3n) is 3.60. The van der Waals surface area contributed by atoms with Gasteiger partial charge in [-0.15, -0.1) is 0 Å². The fraction of sp³-hybridized carbons (Fsp3) is 0. The van der Waals surface area contributed by atoms with E-state index in [9.17, 15) is 29.6 Å². The molecule has 0 aliphatic rings. The zero-order chi connectivity index (χ0) is 20.3. The number of phosphoric ester groups is 1. The van der Waals surface area contributed by atoms with Gasteiger partial charge in [0.05, 0.1) is 0 Å². The standard InChI is InChI=1S/C19H15O8P.Na/c20-13-10-16(21)18(17(22)11-13)19(23)12-6-8-15(9-7-12)27-28(24,25)26-14-4-2-1-3-5-14;/h1-11,20-22H,(H,24,25);/q;+1/p-1. The number of carbonyl (C=O) groups is 1. The van der Waals surface area contributed by atoms with Crippen molar-refractivity contribution in [1.29, 1.82) is 0 Å². The third kappa shape index (κ3) is 5.76. The fourth-order valence-electron chi connectivity index (χ4n) is 2.40. The number of aromatic hydroxyl groups is 3. The Morgan fingerprint density at radius 3 is 1.83 bits per heavy atom. The van der Waals surface area contributed by atoms with Gasteiger partial charge in [-0.2, -0.15) is 0 Å². The Bertz CT molecular complexity index is 1030. The van der Waals surface area contributed by atoms with Crippen LogP contribution in [-0.2, 0) is 4.57 Å². The summed E-state index contributed by atoms with van der Waals surface area (Å²) >= 11 is 0. The van der Waals surface area contributed by atoms with Crippen LogP contribution in [0.25, 0.3) is 0 Å². The molecule has 3 aromatic carbocycles. The van der Waals surface area contributed by atoms with Crippen LogP contribution >= 0.6 is 7.82 Å². The van der Waals surface area contributed by atoms with Gasteiger partial charge in [0.2, 0.25) is 5.78 Å². The third-order valence-corrected chi connectivity index (χ3v) is 4.47. The van der Waals surface area contributed by atoms with Crippen LogP contribution in [0.4, 0.5) is 0 Å². The molecule has 0 aromatic heterocycles. The molecule has 144 valence electrons. The molecule has 10 heteroatoms. The summed E-state index contributed by atoms with van der Waals surface area (Å²) in [4.78, 5) is 24.4. The molecule has 1 atom stereocenters. The summed E-state index contributed by atoms with van der Waals surface area (Å²) in [6, 6.07) is 14.6. The predicted octanol–water partition coefficient (Wildman–Crippen LogP) is -0.0354. The average molecular weight is 424 g/mol. The predicted molar refractivity (Wildman–Crippen MR) is 96.6 cm³/mol. The quantitative estimate of drug-likeness (QED) is 0.285. The van der Waals surface area contributed by atoms with E-state index in [1.807, 2.05) is 0 Å². The summed E-state index contributed by atoms with van der Waals surface area (Å²) in [6.07, 6.45) is 0. The number of phenolic OH excluding ortho intramolecular Hbond substituents is 3. The maximum atomic E-state index is 12.5. The molecule has 3 N–H and O–H groups in total. The minimum Gasteiger partial charge on any atom is -0.736 e.